The largest absolute Gasteiger partial charge is 0.493 e. The van der Waals surface area contributed by atoms with Crippen LogP contribution in [0.3, 0.4) is 0 Å². The molecule has 0 bridgehead atoms. The number of rotatable bonds is 5. The van der Waals surface area contributed by atoms with Gasteiger partial charge in [-0.2, -0.15) is 0 Å². The lowest BCUT2D eigenvalue weighted by Crippen LogP contribution is -2.33. The van der Waals surface area contributed by atoms with Crippen molar-refractivity contribution in [3.63, 3.8) is 0 Å². The maximum Gasteiger partial charge on any atom is 0.407 e. The highest BCUT2D eigenvalue weighted by molar-refractivity contribution is 6.08. The molecule has 3 rings (SSSR count). The molecule has 26 heavy (non-hydrogen) atoms. The molecule has 0 aliphatic rings. The zero-order chi connectivity index (χ0) is 18.7. The molecule has 3 aromatic rings. The van der Waals surface area contributed by atoms with Crippen LogP contribution in [-0.4, -0.2) is 34.8 Å². The minimum absolute atomic E-state index is 0.402. The number of carbonyl (C=O) groups excluding carboxylic acids is 1. The van der Waals surface area contributed by atoms with Crippen LogP contribution in [-0.2, 0) is 4.74 Å². The lowest BCUT2D eigenvalue weighted by Gasteiger charge is -2.19. The Balaban J connectivity index is 1.54. The molecule has 0 spiro atoms. The molecule has 0 aliphatic carbocycles. The Morgan fingerprint density at radius 2 is 2.04 bits per heavy atom. The molecule has 0 saturated carbocycles. The fourth-order valence-electron chi connectivity index (χ4n) is 2.80. The van der Waals surface area contributed by atoms with E-state index in [2.05, 4.69) is 21.4 Å². The number of hydrogen-bond acceptors (Lipinski definition) is 4. The Labute approximate surface area is 152 Å². The fourth-order valence-corrected chi connectivity index (χ4v) is 2.80. The minimum atomic E-state index is -0.483. The summed E-state index contributed by atoms with van der Waals surface area (Å²) >= 11 is 0. The molecule has 6 nitrogen and oxygen atoms in total. The van der Waals surface area contributed by atoms with Crippen molar-refractivity contribution in [3.8, 4) is 5.75 Å². The van der Waals surface area contributed by atoms with Crippen molar-refractivity contribution in [2.24, 2.45) is 0 Å². The van der Waals surface area contributed by atoms with Gasteiger partial charge in [0.15, 0.2) is 0 Å². The molecule has 0 radical (unpaired) electrons. The molecule has 0 fully saturated rings. The van der Waals surface area contributed by atoms with Gasteiger partial charge in [-0.25, -0.2) is 4.79 Å². The molecule has 1 amide bonds. The molecule has 138 valence electrons. The zero-order valence-electron chi connectivity index (χ0n) is 15.7. The van der Waals surface area contributed by atoms with E-state index in [1.54, 1.807) is 0 Å². The summed E-state index contributed by atoms with van der Waals surface area (Å²) in [4.78, 5) is 19.3. The maximum atomic E-state index is 11.6. The number of pyridine rings is 1. The zero-order valence-corrected chi connectivity index (χ0v) is 15.7. The smallest absolute Gasteiger partial charge is 0.407 e. The van der Waals surface area contributed by atoms with Crippen molar-refractivity contribution in [2.75, 3.05) is 13.2 Å². The topological polar surface area (TPSA) is 76.2 Å². The highest BCUT2D eigenvalue weighted by Crippen LogP contribution is 2.29. The average Bonchev–Trinajstić information content (AvgIpc) is 2.92. The van der Waals surface area contributed by atoms with Crippen LogP contribution in [0.15, 0.2) is 30.5 Å². The molecule has 1 aromatic carbocycles. The molecule has 2 heterocycles. The monoisotopic (exact) mass is 355 g/mol. The van der Waals surface area contributed by atoms with Crippen molar-refractivity contribution in [1.82, 2.24) is 15.3 Å². The molecular weight excluding hydrogens is 330 g/mol. The first-order valence-corrected chi connectivity index (χ1v) is 8.80. The van der Waals surface area contributed by atoms with E-state index in [1.807, 2.05) is 52.1 Å². The summed E-state index contributed by atoms with van der Waals surface area (Å²) in [6.45, 7) is 8.54. The summed E-state index contributed by atoms with van der Waals surface area (Å²) < 4.78 is 11.0. The van der Waals surface area contributed by atoms with Gasteiger partial charge in [0.25, 0.3) is 0 Å². The number of nitrogens with zero attached hydrogens (tertiary/aromatic N) is 1. The maximum absolute atomic E-state index is 11.6. The van der Waals surface area contributed by atoms with Gasteiger partial charge in [0.1, 0.15) is 11.4 Å². The number of nitrogens with one attached hydrogen (secondary N) is 2. The van der Waals surface area contributed by atoms with Gasteiger partial charge < -0.3 is 19.8 Å². The summed E-state index contributed by atoms with van der Waals surface area (Å²) in [5.41, 5.74) is 2.58. The number of fused-ring (bicyclic) bond motifs is 3. The van der Waals surface area contributed by atoms with Gasteiger partial charge in [0.2, 0.25) is 0 Å². The number of alkyl carbamates (subject to hydrolysis) is 1. The SMILES string of the molecule is Cc1nccc2c1[nH]c1cc(OCCCNC(=O)OC(C)(C)C)ccc12. The summed E-state index contributed by atoms with van der Waals surface area (Å²) in [6, 6.07) is 8.04. The quantitative estimate of drug-likeness (QED) is 0.668. The third-order valence-corrected chi connectivity index (χ3v) is 3.94. The second-order valence-corrected chi connectivity index (χ2v) is 7.28. The van der Waals surface area contributed by atoms with E-state index in [4.69, 9.17) is 9.47 Å². The standard InChI is InChI=1S/C20H25N3O3/c1-13-18-16(8-10-21-13)15-7-6-14(12-17(15)23-18)25-11-5-9-22-19(24)26-20(2,3)4/h6-8,10,12,23H,5,9,11H2,1-4H3,(H,22,24). The normalized spacial score (nSPS) is 11.7. The van der Waals surface area contributed by atoms with Crippen LogP contribution in [0.2, 0.25) is 0 Å². The fraction of sp³-hybridized carbons (Fsp3) is 0.400. The Hall–Kier alpha value is -2.76. The van der Waals surface area contributed by atoms with Gasteiger partial charge in [0.05, 0.1) is 23.3 Å². The molecule has 0 unspecified atom stereocenters. The molecule has 0 atom stereocenters. The van der Waals surface area contributed by atoms with Crippen LogP contribution in [0.5, 0.6) is 5.75 Å². The van der Waals surface area contributed by atoms with Gasteiger partial charge in [-0.1, -0.05) is 0 Å². The number of aromatic nitrogens is 2. The van der Waals surface area contributed by atoms with Gasteiger partial charge in [-0.05, 0) is 52.3 Å². The lowest BCUT2D eigenvalue weighted by atomic mass is 10.1. The van der Waals surface area contributed by atoms with E-state index in [0.717, 1.165) is 27.9 Å². The highest BCUT2D eigenvalue weighted by atomic mass is 16.6. The minimum Gasteiger partial charge on any atom is -0.493 e. The molecule has 6 heteroatoms. The highest BCUT2D eigenvalue weighted by Gasteiger charge is 2.15. The van der Waals surface area contributed by atoms with Crippen LogP contribution < -0.4 is 10.1 Å². The molecule has 0 saturated heterocycles. The van der Waals surface area contributed by atoms with Crippen LogP contribution >= 0.6 is 0 Å². The summed E-state index contributed by atoms with van der Waals surface area (Å²) in [6.07, 6.45) is 2.13. The Morgan fingerprint density at radius 3 is 2.81 bits per heavy atom. The van der Waals surface area contributed by atoms with Crippen molar-refractivity contribution in [2.45, 2.75) is 39.7 Å². The van der Waals surface area contributed by atoms with Crippen LogP contribution in [0.1, 0.15) is 32.9 Å². The van der Waals surface area contributed by atoms with Crippen LogP contribution in [0.25, 0.3) is 21.8 Å². The van der Waals surface area contributed by atoms with E-state index in [9.17, 15) is 4.79 Å². The van der Waals surface area contributed by atoms with Gasteiger partial charge in [0, 0.05) is 29.6 Å². The van der Waals surface area contributed by atoms with E-state index in [-0.39, 0.29) is 0 Å². The van der Waals surface area contributed by atoms with Crippen LogP contribution in [0.4, 0.5) is 4.79 Å². The predicted octanol–water partition coefficient (Wildman–Crippen LogP) is 4.32. The van der Waals surface area contributed by atoms with E-state index in [1.165, 1.54) is 5.39 Å². The van der Waals surface area contributed by atoms with Gasteiger partial charge >= 0.3 is 6.09 Å². The second kappa shape index (κ2) is 7.23. The third kappa shape index (κ3) is 4.25. The van der Waals surface area contributed by atoms with Gasteiger partial charge in [-0.3, -0.25) is 4.98 Å². The Bertz CT molecular complexity index is 925. The third-order valence-electron chi connectivity index (χ3n) is 3.94. The molecular formula is C20H25N3O3. The molecule has 2 aromatic heterocycles. The first-order chi connectivity index (χ1) is 12.3. The number of aromatic amines is 1. The van der Waals surface area contributed by atoms with Crippen LogP contribution in [0, 0.1) is 6.92 Å². The first kappa shape index (κ1) is 18.0. The molecule has 0 aliphatic heterocycles. The first-order valence-electron chi connectivity index (χ1n) is 8.80. The van der Waals surface area contributed by atoms with E-state index in [0.29, 0.717) is 19.6 Å². The number of H-pyrrole nitrogens is 1. The summed E-state index contributed by atoms with van der Waals surface area (Å²) in [7, 11) is 0. The summed E-state index contributed by atoms with van der Waals surface area (Å²) in [5, 5.41) is 5.05. The number of aryl methyl sites for hydroxylation is 1. The lowest BCUT2D eigenvalue weighted by molar-refractivity contribution is 0.0525. The molecule has 2 N–H and O–H groups in total. The summed E-state index contributed by atoms with van der Waals surface area (Å²) in [5.74, 6) is 0.798. The van der Waals surface area contributed by atoms with Crippen molar-refractivity contribution < 1.29 is 14.3 Å². The number of amides is 1. The predicted molar refractivity (Wildman–Crippen MR) is 103 cm³/mol. The Kier molecular flexibility index (Phi) is 5.02. The van der Waals surface area contributed by atoms with Crippen molar-refractivity contribution in [1.29, 1.82) is 0 Å². The second-order valence-electron chi connectivity index (χ2n) is 7.28. The van der Waals surface area contributed by atoms with Crippen molar-refractivity contribution in [3.05, 3.63) is 36.2 Å². The number of benzene rings is 1. The Morgan fingerprint density at radius 1 is 1.23 bits per heavy atom. The number of hydrogen-bond donors (Lipinski definition) is 2. The van der Waals surface area contributed by atoms with Gasteiger partial charge in [-0.15, -0.1) is 0 Å². The number of carbonyl (C=O) groups is 1. The average molecular weight is 355 g/mol. The van der Waals surface area contributed by atoms with E-state index >= 15 is 0 Å². The van der Waals surface area contributed by atoms with E-state index < -0.39 is 11.7 Å². The van der Waals surface area contributed by atoms with Crippen molar-refractivity contribution >= 4 is 27.9 Å². The number of ether oxygens (including phenoxy) is 2.